The van der Waals surface area contributed by atoms with Crippen LogP contribution in [0.5, 0.6) is 0 Å². The monoisotopic (exact) mass is 235 g/mol. The molecular formula is C15H25NO. The Morgan fingerprint density at radius 3 is 2.47 bits per heavy atom. The maximum Gasteiger partial charge on any atom is 0.0959 e. The van der Waals surface area contributed by atoms with Gasteiger partial charge < -0.3 is 5.11 Å². The fourth-order valence-electron chi connectivity index (χ4n) is 1.94. The average Bonchev–Trinajstić information content (AvgIpc) is 2.34. The van der Waals surface area contributed by atoms with E-state index in [1.54, 1.807) is 0 Å². The van der Waals surface area contributed by atoms with Crippen molar-refractivity contribution in [2.45, 2.75) is 64.9 Å². The van der Waals surface area contributed by atoms with Crippen LogP contribution in [0, 0.1) is 6.92 Å². The summed E-state index contributed by atoms with van der Waals surface area (Å²) < 4.78 is 0. The summed E-state index contributed by atoms with van der Waals surface area (Å²) in [6.07, 6.45) is 9.84. The van der Waals surface area contributed by atoms with Crippen LogP contribution in [0.4, 0.5) is 0 Å². The Balaban J connectivity index is 2.16. The van der Waals surface area contributed by atoms with Gasteiger partial charge in [-0.1, -0.05) is 51.5 Å². The van der Waals surface area contributed by atoms with Crippen LogP contribution in [0.3, 0.4) is 0 Å². The van der Waals surface area contributed by atoms with Crippen LogP contribution in [-0.4, -0.2) is 10.1 Å². The molecule has 0 aliphatic rings. The quantitative estimate of drug-likeness (QED) is 0.686. The number of unbranched alkanes of at least 4 members (excludes halogenated alkanes) is 5. The van der Waals surface area contributed by atoms with Crippen LogP contribution in [0.15, 0.2) is 18.3 Å². The summed E-state index contributed by atoms with van der Waals surface area (Å²) in [4.78, 5) is 4.26. The number of hydrogen-bond acceptors (Lipinski definition) is 2. The molecule has 1 atom stereocenters. The van der Waals surface area contributed by atoms with Crippen LogP contribution in [0.1, 0.15) is 69.2 Å². The van der Waals surface area contributed by atoms with Crippen LogP contribution < -0.4 is 0 Å². The molecular weight excluding hydrogens is 210 g/mol. The maximum atomic E-state index is 9.95. The molecule has 0 aliphatic carbocycles. The van der Waals surface area contributed by atoms with E-state index in [9.17, 15) is 5.11 Å². The number of nitrogens with zero attached hydrogens (tertiary/aromatic N) is 1. The molecule has 0 aromatic carbocycles. The van der Waals surface area contributed by atoms with Gasteiger partial charge in [0.15, 0.2) is 0 Å². The first-order valence-corrected chi connectivity index (χ1v) is 6.84. The molecule has 1 rings (SSSR count). The first kappa shape index (κ1) is 14.2. The second-order valence-electron chi connectivity index (χ2n) is 4.83. The van der Waals surface area contributed by atoms with Crippen molar-refractivity contribution < 1.29 is 5.11 Å². The van der Waals surface area contributed by atoms with Gasteiger partial charge in [-0.15, -0.1) is 0 Å². The zero-order valence-corrected chi connectivity index (χ0v) is 11.2. The van der Waals surface area contributed by atoms with Crippen LogP contribution in [0.25, 0.3) is 0 Å². The van der Waals surface area contributed by atoms with Gasteiger partial charge in [0.05, 0.1) is 11.8 Å². The third-order valence-corrected chi connectivity index (χ3v) is 3.11. The van der Waals surface area contributed by atoms with Gasteiger partial charge in [-0.2, -0.15) is 0 Å². The highest BCUT2D eigenvalue weighted by atomic mass is 16.3. The Morgan fingerprint density at radius 2 is 1.82 bits per heavy atom. The minimum absolute atomic E-state index is 0.387. The van der Waals surface area contributed by atoms with Crippen molar-refractivity contribution in [3.63, 3.8) is 0 Å². The van der Waals surface area contributed by atoms with Crippen LogP contribution in [0.2, 0.25) is 0 Å². The number of aromatic nitrogens is 1. The average molecular weight is 235 g/mol. The first-order valence-electron chi connectivity index (χ1n) is 6.84. The molecule has 1 N–H and O–H groups in total. The first-order chi connectivity index (χ1) is 8.24. The summed E-state index contributed by atoms with van der Waals surface area (Å²) in [5.74, 6) is 0. The number of aliphatic hydroxyl groups is 1. The predicted molar refractivity (Wildman–Crippen MR) is 71.9 cm³/mol. The molecule has 0 amide bonds. The Bertz CT molecular complexity index is 294. The molecule has 1 heterocycles. The van der Waals surface area contributed by atoms with Gasteiger partial charge in [-0.3, -0.25) is 4.98 Å². The minimum atomic E-state index is -0.387. The van der Waals surface area contributed by atoms with Crippen molar-refractivity contribution >= 4 is 0 Å². The van der Waals surface area contributed by atoms with Gasteiger partial charge in [0.25, 0.3) is 0 Å². The number of aryl methyl sites for hydroxylation is 1. The lowest BCUT2D eigenvalue weighted by Gasteiger charge is -2.09. The second-order valence-corrected chi connectivity index (χ2v) is 4.83. The normalized spacial score (nSPS) is 12.6. The summed E-state index contributed by atoms with van der Waals surface area (Å²) in [7, 11) is 0. The molecule has 2 nitrogen and oxygen atoms in total. The summed E-state index contributed by atoms with van der Waals surface area (Å²) in [6.45, 7) is 4.24. The van der Waals surface area contributed by atoms with E-state index in [0.717, 1.165) is 24.1 Å². The van der Waals surface area contributed by atoms with Crippen molar-refractivity contribution in [3.8, 4) is 0 Å². The van der Waals surface area contributed by atoms with Crippen molar-refractivity contribution in [1.29, 1.82) is 0 Å². The molecule has 2 heteroatoms. The van der Waals surface area contributed by atoms with E-state index in [1.807, 2.05) is 25.3 Å². The Labute approximate surface area is 105 Å². The number of rotatable bonds is 8. The van der Waals surface area contributed by atoms with Crippen molar-refractivity contribution in [1.82, 2.24) is 4.98 Å². The summed E-state index contributed by atoms with van der Waals surface area (Å²) >= 11 is 0. The minimum Gasteiger partial charge on any atom is -0.387 e. The molecule has 0 radical (unpaired) electrons. The Morgan fingerprint density at radius 1 is 1.12 bits per heavy atom. The van der Waals surface area contributed by atoms with Gasteiger partial charge in [0.2, 0.25) is 0 Å². The van der Waals surface area contributed by atoms with Gasteiger partial charge >= 0.3 is 0 Å². The van der Waals surface area contributed by atoms with Gasteiger partial charge in [-0.25, -0.2) is 0 Å². The fourth-order valence-corrected chi connectivity index (χ4v) is 1.94. The summed E-state index contributed by atoms with van der Waals surface area (Å²) in [6, 6.07) is 3.93. The van der Waals surface area contributed by atoms with Crippen LogP contribution in [-0.2, 0) is 0 Å². The molecule has 0 spiro atoms. The highest BCUT2D eigenvalue weighted by Gasteiger charge is 2.07. The molecule has 1 unspecified atom stereocenters. The van der Waals surface area contributed by atoms with Gasteiger partial charge in [-0.05, 0) is 25.0 Å². The van der Waals surface area contributed by atoms with E-state index in [-0.39, 0.29) is 6.10 Å². The number of aliphatic hydroxyl groups excluding tert-OH is 1. The third-order valence-electron chi connectivity index (χ3n) is 3.11. The van der Waals surface area contributed by atoms with E-state index in [0.29, 0.717) is 0 Å². The molecule has 0 saturated heterocycles. The van der Waals surface area contributed by atoms with E-state index in [1.165, 1.54) is 32.1 Å². The van der Waals surface area contributed by atoms with Gasteiger partial charge in [0.1, 0.15) is 0 Å². The van der Waals surface area contributed by atoms with E-state index < -0.39 is 0 Å². The van der Waals surface area contributed by atoms with Crippen molar-refractivity contribution in [3.05, 3.63) is 29.6 Å². The summed E-state index contributed by atoms with van der Waals surface area (Å²) in [5.41, 5.74) is 1.95. The SMILES string of the molecule is CCCCCCCCC(O)c1ccc(C)cn1. The largest absolute Gasteiger partial charge is 0.387 e. The molecule has 1 aromatic rings. The molecule has 0 aliphatic heterocycles. The number of hydrogen-bond donors (Lipinski definition) is 1. The van der Waals surface area contributed by atoms with E-state index >= 15 is 0 Å². The molecule has 0 fully saturated rings. The lowest BCUT2D eigenvalue weighted by atomic mass is 10.0. The lowest BCUT2D eigenvalue weighted by molar-refractivity contribution is 0.158. The van der Waals surface area contributed by atoms with Crippen LogP contribution >= 0.6 is 0 Å². The summed E-state index contributed by atoms with van der Waals surface area (Å²) in [5, 5.41) is 9.95. The standard InChI is InChI=1S/C15H25NO/c1-3-4-5-6-7-8-9-15(17)14-11-10-13(2)12-16-14/h10-12,15,17H,3-9H2,1-2H3. The molecule has 17 heavy (non-hydrogen) atoms. The second kappa shape index (κ2) is 8.24. The molecule has 1 aromatic heterocycles. The zero-order chi connectivity index (χ0) is 12.5. The van der Waals surface area contributed by atoms with E-state index in [4.69, 9.17) is 0 Å². The number of pyridine rings is 1. The molecule has 0 bridgehead atoms. The topological polar surface area (TPSA) is 33.1 Å². The van der Waals surface area contributed by atoms with Crippen molar-refractivity contribution in [2.24, 2.45) is 0 Å². The molecule has 0 saturated carbocycles. The highest BCUT2D eigenvalue weighted by molar-refractivity contribution is 5.13. The predicted octanol–water partition coefficient (Wildman–Crippen LogP) is 4.17. The Kier molecular flexibility index (Phi) is 6.87. The maximum absolute atomic E-state index is 9.95. The zero-order valence-electron chi connectivity index (χ0n) is 11.2. The Hall–Kier alpha value is -0.890. The van der Waals surface area contributed by atoms with Gasteiger partial charge in [0, 0.05) is 6.20 Å². The lowest BCUT2D eigenvalue weighted by Crippen LogP contribution is -2.00. The molecule has 96 valence electrons. The van der Waals surface area contributed by atoms with Crippen molar-refractivity contribution in [2.75, 3.05) is 0 Å². The third kappa shape index (κ3) is 5.83. The fraction of sp³-hybridized carbons (Fsp3) is 0.667. The highest BCUT2D eigenvalue weighted by Crippen LogP contribution is 2.18. The van der Waals surface area contributed by atoms with E-state index in [2.05, 4.69) is 11.9 Å². The smallest absolute Gasteiger partial charge is 0.0959 e.